The maximum absolute atomic E-state index is 13.6. The molecule has 1 aliphatic rings. The van der Waals surface area contributed by atoms with Crippen LogP contribution in [0.15, 0.2) is 82.6 Å². The van der Waals surface area contributed by atoms with Crippen LogP contribution in [0.1, 0.15) is 11.1 Å². The third-order valence-corrected chi connectivity index (χ3v) is 10.2. The monoisotopic (exact) mass is 561 g/mol. The van der Waals surface area contributed by atoms with Crippen LogP contribution in [-0.4, -0.2) is 64.7 Å². The molecule has 1 amide bonds. The Labute approximate surface area is 223 Å². The fourth-order valence-corrected chi connectivity index (χ4v) is 7.21. The van der Waals surface area contributed by atoms with Crippen LogP contribution in [0.5, 0.6) is 0 Å². The van der Waals surface area contributed by atoms with Crippen LogP contribution >= 0.6 is 11.6 Å². The second-order valence-corrected chi connectivity index (χ2v) is 13.1. The average molecular weight is 562 g/mol. The Morgan fingerprint density at radius 2 is 1.46 bits per heavy atom. The van der Waals surface area contributed by atoms with Gasteiger partial charge in [0.1, 0.15) is 6.54 Å². The maximum Gasteiger partial charge on any atom is 0.264 e. The van der Waals surface area contributed by atoms with E-state index in [1.807, 2.05) is 6.92 Å². The molecule has 0 saturated carbocycles. The summed E-state index contributed by atoms with van der Waals surface area (Å²) < 4.78 is 55.7. The Morgan fingerprint density at radius 3 is 2.08 bits per heavy atom. The lowest BCUT2D eigenvalue weighted by Gasteiger charge is -2.35. The van der Waals surface area contributed by atoms with Crippen molar-refractivity contribution in [2.24, 2.45) is 0 Å². The van der Waals surface area contributed by atoms with Crippen molar-refractivity contribution in [1.82, 2.24) is 9.21 Å². The Bertz CT molecular complexity index is 1490. The Kier molecular flexibility index (Phi) is 7.94. The molecule has 0 aliphatic carbocycles. The minimum absolute atomic E-state index is 0.0520. The highest BCUT2D eigenvalue weighted by Crippen LogP contribution is 2.30. The van der Waals surface area contributed by atoms with Crippen molar-refractivity contribution in [3.63, 3.8) is 0 Å². The van der Waals surface area contributed by atoms with Crippen molar-refractivity contribution in [1.29, 1.82) is 0 Å². The zero-order valence-electron chi connectivity index (χ0n) is 20.5. The van der Waals surface area contributed by atoms with E-state index in [1.54, 1.807) is 61.5 Å². The van der Waals surface area contributed by atoms with Crippen LogP contribution in [0, 0.1) is 13.8 Å². The molecule has 0 spiro atoms. The lowest BCUT2D eigenvalue weighted by Crippen LogP contribution is -2.53. The molecule has 3 aromatic rings. The van der Waals surface area contributed by atoms with Gasteiger partial charge in [0.2, 0.25) is 15.9 Å². The number of carbonyl (C=O) groups is 1. The smallest absolute Gasteiger partial charge is 0.264 e. The molecule has 0 N–H and O–H groups in total. The summed E-state index contributed by atoms with van der Waals surface area (Å²) in [5, 5.41) is 0.344. The number of aryl methyl sites for hydroxylation is 2. The molecular weight excluding hydrogens is 534 g/mol. The lowest BCUT2D eigenvalue weighted by molar-refractivity contribution is -0.130. The number of rotatable bonds is 7. The molecule has 37 heavy (non-hydrogen) atoms. The summed E-state index contributed by atoms with van der Waals surface area (Å²) in [5.74, 6) is -0.425. The molecule has 1 fully saturated rings. The molecule has 196 valence electrons. The van der Waals surface area contributed by atoms with Gasteiger partial charge < -0.3 is 4.90 Å². The highest BCUT2D eigenvalue weighted by Gasteiger charge is 2.33. The summed E-state index contributed by atoms with van der Waals surface area (Å²) in [6, 6.07) is 19.4. The first kappa shape index (κ1) is 27.1. The number of amides is 1. The number of carbonyl (C=O) groups excluding carboxylic acids is 1. The van der Waals surface area contributed by atoms with Crippen molar-refractivity contribution in [3.05, 3.63) is 88.9 Å². The van der Waals surface area contributed by atoms with Crippen molar-refractivity contribution in [2.75, 3.05) is 37.0 Å². The van der Waals surface area contributed by atoms with Gasteiger partial charge in [-0.1, -0.05) is 53.6 Å². The van der Waals surface area contributed by atoms with Gasteiger partial charge in [-0.25, -0.2) is 16.8 Å². The van der Waals surface area contributed by atoms with Gasteiger partial charge in [0.15, 0.2) is 0 Å². The third-order valence-electron chi connectivity index (χ3n) is 6.30. The predicted molar refractivity (Wildman–Crippen MR) is 144 cm³/mol. The van der Waals surface area contributed by atoms with E-state index < -0.39 is 32.5 Å². The van der Waals surface area contributed by atoms with Crippen molar-refractivity contribution in [3.8, 4) is 0 Å². The fourth-order valence-electron chi connectivity index (χ4n) is 4.13. The molecule has 0 atom stereocenters. The predicted octanol–water partition coefficient (Wildman–Crippen LogP) is 3.69. The quantitative estimate of drug-likeness (QED) is 0.438. The maximum atomic E-state index is 13.6. The Balaban J connectivity index is 1.55. The minimum Gasteiger partial charge on any atom is -0.338 e. The summed E-state index contributed by atoms with van der Waals surface area (Å²) in [6.07, 6.45) is 0. The minimum atomic E-state index is -4.08. The SMILES string of the molecule is Cc1ccc(S(=O)(=O)N2CCN(C(=O)CN(c3cc(Cl)ccc3C)S(=O)(=O)c3ccccc3)CC2)cc1. The first-order valence-corrected chi connectivity index (χ1v) is 14.9. The van der Waals surface area contributed by atoms with Gasteiger partial charge in [0, 0.05) is 31.2 Å². The Morgan fingerprint density at radius 1 is 0.838 bits per heavy atom. The number of nitrogens with zero attached hydrogens (tertiary/aromatic N) is 3. The molecule has 11 heteroatoms. The second-order valence-electron chi connectivity index (χ2n) is 8.85. The number of benzene rings is 3. The zero-order chi connectivity index (χ0) is 26.8. The van der Waals surface area contributed by atoms with Crippen LogP contribution in [0.25, 0.3) is 0 Å². The number of hydrogen-bond donors (Lipinski definition) is 0. The molecule has 0 aromatic heterocycles. The molecule has 0 radical (unpaired) electrons. The van der Waals surface area contributed by atoms with E-state index in [1.165, 1.54) is 27.4 Å². The number of piperazine rings is 1. The normalized spacial score (nSPS) is 14.9. The van der Waals surface area contributed by atoms with E-state index in [-0.39, 0.29) is 36.0 Å². The summed E-state index contributed by atoms with van der Waals surface area (Å²) in [4.78, 5) is 15.1. The van der Waals surface area contributed by atoms with Crippen molar-refractivity contribution >= 4 is 43.2 Å². The standard InChI is InChI=1S/C26H28ClN3O5S2/c1-20-8-12-24(13-9-20)36(32,33)29-16-14-28(15-17-29)26(31)19-30(25-18-22(27)11-10-21(25)2)37(34,35)23-6-4-3-5-7-23/h3-13,18H,14-17,19H2,1-2H3. The molecule has 1 heterocycles. The van der Waals surface area contributed by atoms with E-state index in [4.69, 9.17) is 11.6 Å². The first-order chi connectivity index (χ1) is 17.5. The summed E-state index contributed by atoms with van der Waals surface area (Å²) in [5.41, 5.74) is 1.91. The lowest BCUT2D eigenvalue weighted by atomic mass is 10.2. The molecule has 4 rings (SSSR count). The van der Waals surface area contributed by atoms with Gasteiger partial charge in [-0.05, 0) is 55.8 Å². The topological polar surface area (TPSA) is 95.1 Å². The van der Waals surface area contributed by atoms with Crippen LogP contribution in [0.3, 0.4) is 0 Å². The van der Waals surface area contributed by atoms with Gasteiger partial charge >= 0.3 is 0 Å². The second kappa shape index (κ2) is 10.8. The first-order valence-electron chi connectivity index (χ1n) is 11.7. The molecule has 0 bridgehead atoms. The molecule has 1 aliphatic heterocycles. The number of hydrogen-bond acceptors (Lipinski definition) is 5. The molecule has 1 saturated heterocycles. The summed E-state index contributed by atoms with van der Waals surface area (Å²) in [6.45, 7) is 3.72. The van der Waals surface area contributed by atoms with Gasteiger partial charge in [-0.3, -0.25) is 9.10 Å². The Hall–Kier alpha value is -2.92. The molecule has 8 nitrogen and oxygen atoms in total. The van der Waals surface area contributed by atoms with Crippen LogP contribution in [-0.2, 0) is 24.8 Å². The number of halogens is 1. The highest BCUT2D eigenvalue weighted by molar-refractivity contribution is 7.92. The van der Waals surface area contributed by atoms with E-state index in [2.05, 4.69) is 0 Å². The van der Waals surface area contributed by atoms with Crippen LogP contribution in [0.4, 0.5) is 5.69 Å². The van der Waals surface area contributed by atoms with Crippen LogP contribution in [0.2, 0.25) is 5.02 Å². The van der Waals surface area contributed by atoms with Gasteiger partial charge in [-0.15, -0.1) is 0 Å². The van der Waals surface area contributed by atoms with E-state index >= 15 is 0 Å². The van der Waals surface area contributed by atoms with Gasteiger partial charge in [-0.2, -0.15) is 4.31 Å². The largest absolute Gasteiger partial charge is 0.338 e. The molecule has 0 unspecified atom stereocenters. The molecule has 3 aromatic carbocycles. The zero-order valence-corrected chi connectivity index (χ0v) is 22.9. The van der Waals surface area contributed by atoms with Crippen molar-refractivity contribution in [2.45, 2.75) is 23.6 Å². The summed E-state index contributed by atoms with van der Waals surface area (Å²) in [7, 11) is -7.77. The fraction of sp³-hybridized carbons (Fsp3) is 0.269. The third kappa shape index (κ3) is 5.82. The van der Waals surface area contributed by atoms with E-state index in [9.17, 15) is 21.6 Å². The molecular formula is C26H28ClN3O5S2. The number of anilines is 1. The van der Waals surface area contributed by atoms with E-state index in [0.717, 1.165) is 9.87 Å². The van der Waals surface area contributed by atoms with E-state index in [0.29, 0.717) is 16.3 Å². The highest BCUT2D eigenvalue weighted by atomic mass is 35.5. The van der Waals surface area contributed by atoms with Crippen molar-refractivity contribution < 1.29 is 21.6 Å². The summed E-state index contributed by atoms with van der Waals surface area (Å²) >= 11 is 6.18. The number of sulfonamides is 2. The van der Waals surface area contributed by atoms with Gasteiger partial charge in [0.05, 0.1) is 15.5 Å². The van der Waals surface area contributed by atoms with Gasteiger partial charge in [0.25, 0.3) is 10.0 Å². The average Bonchev–Trinajstić information content (AvgIpc) is 2.89. The van der Waals surface area contributed by atoms with Crippen LogP contribution < -0.4 is 4.31 Å².